The summed E-state index contributed by atoms with van der Waals surface area (Å²) in [5, 5.41) is 5.61. The van der Waals surface area contributed by atoms with Crippen LogP contribution in [0.25, 0.3) is 0 Å². The molecule has 0 fully saturated rings. The van der Waals surface area contributed by atoms with Gasteiger partial charge in [0.25, 0.3) is 0 Å². The summed E-state index contributed by atoms with van der Waals surface area (Å²) >= 11 is 0. The topological polar surface area (TPSA) is 78.5 Å². The number of anilines is 3. The Kier molecular flexibility index (Phi) is 5.35. The zero-order valence-electron chi connectivity index (χ0n) is 15.1. The van der Waals surface area contributed by atoms with Crippen LogP contribution in [-0.2, 0) is 27.2 Å². The number of hydrogen-bond acceptors (Lipinski definition) is 3. The van der Waals surface area contributed by atoms with Gasteiger partial charge in [0.2, 0.25) is 17.7 Å². The number of rotatable bonds is 5. The van der Waals surface area contributed by atoms with E-state index in [0.29, 0.717) is 12.2 Å². The van der Waals surface area contributed by atoms with Crippen LogP contribution in [0.15, 0.2) is 55.1 Å². The molecule has 3 amide bonds. The van der Waals surface area contributed by atoms with Crippen molar-refractivity contribution < 1.29 is 14.4 Å². The van der Waals surface area contributed by atoms with E-state index in [2.05, 4.69) is 17.2 Å². The van der Waals surface area contributed by atoms with Gasteiger partial charge in [-0.1, -0.05) is 24.8 Å². The van der Waals surface area contributed by atoms with Gasteiger partial charge in [-0.25, -0.2) is 0 Å². The van der Waals surface area contributed by atoms with E-state index in [-0.39, 0.29) is 24.1 Å². The molecule has 0 atom stereocenters. The molecule has 0 bridgehead atoms. The fourth-order valence-corrected chi connectivity index (χ4v) is 3.16. The lowest BCUT2D eigenvalue weighted by molar-refractivity contribution is -0.117. The minimum absolute atomic E-state index is 0.000798. The molecule has 2 aromatic rings. The lowest BCUT2D eigenvalue weighted by atomic mass is 10.1. The Balaban J connectivity index is 1.66. The summed E-state index contributed by atoms with van der Waals surface area (Å²) in [5.74, 6) is -0.411. The second-order valence-electron chi connectivity index (χ2n) is 6.34. The molecule has 0 aromatic heterocycles. The maximum atomic E-state index is 12.4. The first-order chi connectivity index (χ1) is 13.0. The van der Waals surface area contributed by atoms with Gasteiger partial charge >= 0.3 is 0 Å². The van der Waals surface area contributed by atoms with Gasteiger partial charge in [-0.05, 0) is 42.3 Å². The fraction of sp³-hybridized carbons (Fsp3) is 0.190. The predicted molar refractivity (Wildman–Crippen MR) is 106 cm³/mol. The van der Waals surface area contributed by atoms with Gasteiger partial charge in [-0.2, -0.15) is 0 Å². The molecule has 0 radical (unpaired) electrons. The lowest BCUT2D eigenvalue weighted by Crippen LogP contribution is -2.25. The van der Waals surface area contributed by atoms with Gasteiger partial charge in [0, 0.05) is 36.1 Å². The average Bonchev–Trinajstić information content (AvgIpc) is 3.08. The Morgan fingerprint density at radius 1 is 1.11 bits per heavy atom. The van der Waals surface area contributed by atoms with Crippen LogP contribution in [0, 0.1) is 0 Å². The van der Waals surface area contributed by atoms with Crippen LogP contribution in [0.1, 0.15) is 18.1 Å². The van der Waals surface area contributed by atoms with Crippen molar-refractivity contribution in [2.24, 2.45) is 0 Å². The molecule has 0 saturated carbocycles. The Hall–Kier alpha value is -3.41. The third kappa shape index (κ3) is 4.23. The number of carbonyl (C=O) groups excluding carboxylic acids is 3. The number of fused-ring (bicyclic) bond motifs is 1. The second kappa shape index (κ2) is 7.86. The molecule has 2 N–H and O–H groups in total. The van der Waals surface area contributed by atoms with Gasteiger partial charge in [-0.3, -0.25) is 14.4 Å². The molecule has 1 aliphatic rings. The molecule has 1 aliphatic heterocycles. The fourth-order valence-electron chi connectivity index (χ4n) is 3.16. The van der Waals surface area contributed by atoms with Crippen molar-refractivity contribution in [3.05, 3.63) is 66.2 Å². The number of benzene rings is 2. The van der Waals surface area contributed by atoms with Gasteiger partial charge < -0.3 is 15.5 Å². The van der Waals surface area contributed by atoms with Gasteiger partial charge in [0.05, 0.1) is 6.42 Å². The van der Waals surface area contributed by atoms with Crippen molar-refractivity contribution in [2.45, 2.75) is 19.8 Å². The molecule has 0 unspecified atom stereocenters. The highest BCUT2D eigenvalue weighted by Gasteiger charge is 2.24. The minimum atomic E-state index is -0.280. The van der Waals surface area contributed by atoms with Crippen LogP contribution in [0.5, 0.6) is 0 Å². The molecule has 2 aromatic carbocycles. The van der Waals surface area contributed by atoms with Crippen molar-refractivity contribution in [1.82, 2.24) is 0 Å². The molecule has 6 heteroatoms. The standard InChI is InChI=1S/C21H21N3O3/c1-3-20(26)22-16-9-7-15(8-10-16)13-21(27)23-18-5-4-6-19-17(18)11-12-24(19)14(2)25/h3-10H,1,11-13H2,2H3,(H,22,26)(H,23,27). The molecular formula is C21H21N3O3. The number of nitrogens with one attached hydrogen (secondary N) is 2. The molecular weight excluding hydrogens is 342 g/mol. The molecule has 6 nitrogen and oxygen atoms in total. The minimum Gasteiger partial charge on any atom is -0.325 e. The van der Waals surface area contributed by atoms with Crippen molar-refractivity contribution in [2.75, 3.05) is 22.1 Å². The van der Waals surface area contributed by atoms with Gasteiger partial charge in [-0.15, -0.1) is 0 Å². The zero-order valence-corrected chi connectivity index (χ0v) is 15.1. The Morgan fingerprint density at radius 3 is 2.52 bits per heavy atom. The lowest BCUT2D eigenvalue weighted by Gasteiger charge is -2.15. The highest BCUT2D eigenvalue weighted by atomic mass is 16.2. The monoisotopic (exact) mass is 363 g/mol. The number of amides is 3. The number of nitrogens with zero attached hydrogens (tertiary/aromatic N) is 1. The third-order valence-electron chi connectivity index (χ3n) is 4.45. The summed E-state index contributed by atoms with van der Waals surface area (Å²) in [5.41, 5.74) is 4.08. The first-order valence-electron chi connectivity index (χ1n) is 8.70. The number of carbonyl (C=O) groups is 3. The largest absolute Gasteiger partial charge is 0.325 e. The molecule has 138 valence electrons. The van der Waals surface area contributed by atoms with E-state index < -0.39 is 0 Å². The van der Waals surface area contributed by atoms with E-state index in [9.17, 15) is 14.4 Å². The van der Waals surface area contributed by atoms with E-state index in [0.717, 1.165) is 28.9 Å². The van der Waals surface area contributed by atoms with Crippen LogP contribution in [0.3, 0.4) is 0 Å². The third-order valence-corrected chi connectivity index (χ3v) is 4.45. The summed E-state index contributed by atoms with van der Waals surface area (Å²) < 4.78 is 0. The first-order valence-corrected chi connectivity index (χ1v) is 8.70. The molecule has 0 spiro atoms. The van der Waals surface area contributed by atoms with Gasteiger partial charge in [0.1, 0.15) is 0 Å². The summed E-state index contributed by atoms with van der Waals surface area (Å²) in [4.78, 5) is 37.1. The van der Waals surface area contributed by atoms with E-state index >= 15 is 0 Å². The zero-order chi connectivity index (χ0) is 19.4. The van der Waals surface area contributed by atoms with E-state index in [1.165, 1.54) is 6.08 Å². The van der Waals surface area contributed by atoms with Crippen molar-refractivity contribution in [3.63, 3.8) is 0 Å². The molecule has 3 rings (SSSR count). The maximum absolute atomic E-state index is 12.4. The predicted octanol–water partition coefficient (Wildman–Crippen LogP) is 2.90. The quantitative estimate of drug-likeness (QED) is 0.802. The van der Waals surface area contributed by atoms with Crippen LogP contribution in [0.4, 0.5) is 17.1 Å². The summed E-state index contributed by atoms with van der Waals surface area (Å²) in [6.45, 7) is 5.58. The summed E-state index contributed by atoms with van der Waals surface area (Å²) in [6, 6.07) is 12.7. The normalized spacial score (nSPS) is 12.3. The van der Waals surface area contributed by atoms with Crippen molar-refractivity contribution in [1.29, 1.82) is 0 Å². The van der Waals surface area contributed by atoms with E-state index in [1.807, 2.05) is 18.2 Å². The van der Waals surface area contributed by atoms with Crippen LogP contribution < -0.4 is 15.5 Å². The molecule has 0 saturated heterocycles. The molecule has 0 aliphatic carbocycles. The molecule has 1 heterocycles. The first kappa shape index (κ1) is 18.4. The van der Waals surface area contributed by atoms with E-state index in [4.69, 9.17) is 0 Å². The maximum Gasteiger partial charge on any atom is 0.247 e. The summed E-state index contributed by atoms with van der Waals surface area (Å²) in [6.07, 6.45) is 2.14. The van der Waals surface area contributed by atoms with Gasteiger partial charge in [0.15, 0.2) is 0 Å². The SMILES string of the molecule is C=CC(=O)Nc1ccc(CC(=O)Nc2cccc3c2CCN3C(C)=O)cc1. The van der Waals surface area contributed by atoms with Crippen LogP contribution in [0.2, 0.25) is 0 Å². The Bertz CT molecular complexity index is 903. The highest BCUT2D eigenvalue weighted by molar-refractivity contribution is 5.99. The average molecular weight is 363 g/mol. The Labute approximate surface area is 157 Å². The van der Waals surface area contributed by atoms with Crippen LogP contribution in [-0.4, -0.2) is 24.3 Å². The Morgan fingerprint density at radius 2 is 1.85 bits per heavy atom. The van der Waals surface area contributed by atoms with Crippen LogP contribution >= 0.6 is 0 Å². The second-order valence-corrected chi connectivity index (χ2v) is 6.34. The van der Waals surface area contributed by atoms with E-state index in [1.54, 1.807) is 36.1 Å². The van der Waals surface area contributed by atoms with Crippen molar-refractivity contribution in [3.8, 4) is 0 Å². The number of hydrogen-bond donors (Lipinski definition) is 2. The highest BCUT2D eigenvalue weighted by Crippen LogP contribution is 2.33. The summed E-state index contributed by atoms with van der Waals surface area (Å²) in [7, 11) is 0. The smallest absolute Gasteiger partial charge is 0.247 e. The molecule has 27 heavy (non-hydrogen) atoms. The van der Waals surface area contributed by atoms with Crippen molar-refractivity contribution >= 4 is 34.8 Å².